The lowest BCUT2D eigenvalue weighted by atomic mass is 9.99. The lowest BCUT2D eigenvalue weighted by Gasteiger charge is -2.18. The summed E-state index contributed by atoms with van der Waals surface area (Å²) >= 11 is 1.64. The van der Waals surface area contributed by atoms with Crippen molar-refractivity contribution in [1.82, 2.24) is 10.3 Å². The minimum atomic E-state index is -0.242. The van der Waals surface area contributed by atoms with Crippen molar-refractivity contribution in [2.24, 2.45) is 0 Å². The number of aryl methyl sites for hydroxylation is 2. The molecule has 4 rings (SSSR count). The van der Waals surface area contributed by atoms with Crippen LogP contribution in [0.15, 0.2) is 60.8 Å². The zero-order valence-electron chi connectivity index (χ0n) is 13.9. The van der Waals surface area contributed by atoms with Gasteiger partial charge < -0.3 is 5.32 Å². The Bertz CT molecular complexity index is 795. The van der Waals surface area contributed by atoms with Crippen LogP contribution in [0.5, 0.6) is 0 Å². The van der Waals surface area contributed by atoms with Crippen molar-refractivity contribution < 1.29 is 4.79 Å². The third-order valence-electron chi connectivity index (χ3n) is 4.61. The SMILES string of the molecule is O=C(NC(c1ccccc1)c1ccccn1)c1cc2c(s1)CCCC2. The number of thiophene rings is 1. The fourth-order valence-corrected chi connectivity index (χ4v) is 4.48. The molecule has 2 heterocycles. The average Bonchev–Trinajstić information content (AvgIpc) is 3.12. The highest BCUT2D eigenvalue weighted by molar-refractivity contribution is 7.14. The first-order valence-electron chi connectivity index (χ1n) is 8.69. The summed E-state index contributed by atoms with van der Waals surface area (Å²) in [6, 6.07) is 17.6. The van der Waals surface area contributed by atoms with Crippen molar-refractivity contribution in [3.63, 3.8) is 0 Å². The number of nitrogens with zero attached hydrogens (tertiary/aromatic N) is 1. The van der Waals surface area contributed by atoms with Crippen LogP contribution in [0.3, 0.4) is 0 Å². The minimum Gasteiger partial charge on any atom is -0.339 e. The van der Waals surface area contributed by atoms with Crippen LogP contribution in [0, 0.1) is 0 Å². The molecule has 126 valence electrons. The molecule has 0 saturated carbocycles. The molecule has 0 fully saturated rings. The summed E-state index contributed by atoms with van der Waals surface area (Å²) in [7, 11) is 0. The number of hydrogen-bond acceptors (Lipinski definition) is 3. The molecule has 3 nitrogen and oxygen atoms in total. The van der Waals surface area contributed by atoms with Crippen LogP contribution in [0.25, 0.3) is 0 Å². The smallest absolute Gasteiger partial charge is 0.262 e. The van der Waals surface area contributed by atoms with Gasteiger partial charge in [-0.1, -0.05) is 36.4 Å². The predicted octanol–water partition coefficient (Wildman–Crippen LogP) is 4.54. The van der Waals surface area contributed by atoms with Crippen molar-refractivity contribution in [2.45, 2.75) is 31.7 Å². The Morgan fingerprint density at radius 3 is 2.60 bits per heavy atom. The van der Waals surface area contributed by atoms with Crippen LogP contribution in [-0.4, -0.2) is 10.9 Å². The number of nitrogens with one attached hydrogen (secondary N) is 1. The number of fused-ring (bicyclic) bond motifs is 1. The Morgan fingerprint density at radius 2 is 1.84 bits per heavy atom. The van der Waals surface area contributed by atoms with E-state index < -0.39 is 0 Å². The molecule has 0 radical (unpaired) electrons. The largest absolute Gasteiger partial charge is 0.339 e. The van der Waals surface area contributed by atoms with Gasteiger partial charge in [-0.15, -0.1) is 11.3 Å². The molecule has 0 spiro atoms. The Balaban J connectivity index is 1.62. The zero-order valence-corrected chi connectivity index (χ0v) is 14.8. The normalized spacial score (nSPS) is 14.6. The second kappa shape index (κ2) is 7.19. The van der Waals surface area contributed by atoms with Gasteiger partial charge in [0.05, 0.1) is 16.6 Å². The Kier molecular flexibility index (Phi) is 4.61. The number of hydrogen-bond donors (Lipinski definition) is 1. The number of aromatic nitrogens is 1. The highest BCUT2D eigenvalue weighted by Crippen LogP contribution is 2.30. The maximum atomic E-state index is 12.9. The van der Waals surface area contributed by atoms with Crippen LogP contribution in [-0.2, 0) is 12.8 Å². The van der Waals surface area contributed by atoms with Gasteiger partial charge in [-0.25, -0.2) is 0 Å². The third kappa shape index (κ3) is 3.49. The monoisotopic (exact) mass is 348 g/mol. The van der Waals surface area contributed by atoms with Gasteiger partial charge in [0.15, 0.2) is 0 Å². The molecule has 0 saturated heterocycles. The van der Waals surface area contributed by atoms with E-state index in [-0.39, 0.29) is 11.9 Å². The van der Waals surface area contributed by atoms with E-state index in [1.807, 2.05) is 48.5 Å². The lowest BCUT2D eigenvalue weighted by molar-refractivity contribution is 0.0946. The Hall–Kier alpha value is -2.46. The first-order valence-corrected chi connectivity index (χ1v) is 9.51. The van der Waals surface area contributed by atoms with E-state index in [2.05, 4.69) is 16.4 Å². The van der Waals surface area contributed by atoms with Crippen LogP contribution in [0.4, 0.5) is 0 Å². The molecule has 25 heavy (non-hydrogen) atoms. The van der Waals surface area contributed by atoms with Crippen LogP contribution >= 0.6 is 11.3 Å². The van der Waals surface area contributed by atoms with Gasteiger partial charge in [0.1, 0.15) is 0 Å². The summed E-state index contributed by atoms with van der Waals surface area (Å²) in [5.41, 5.74) is 3.25. The van der Waals surface area contributed by atoms with Crippen LogP contribution in [0.1, 0.15) is 50.3 Å². The maximum Gasteiger partial charge on any atom is 0.262 e. The van der Waals surface area contributed by atoms with Gasteiger partial charge >= 0.3 is 0 Å². The van der Waals surface area contributed by atoms with Crippen molar-refractivity contribution in [1.29, 1.82) is 0 Å². The lowest BCUT2D eigenvalue weighted by Crippen LogP contribution is -2.29. The van der Waals surface area contributed by atoms with Crippen molar-refractivity contribution in [3.8, 4) is 0 Å². The number of benzene rings is 1. The highest BCUT2D eigenvalue weighted by Gasteiger charge is 2.22. The standard InChI is InChI=1S/C21H20N2OS/c24-21(19-14-16-10-4-5-12-18(16)25-19)23-20(15-8-2-1-3-9-15)17-11-6-7-13-22-17/h1-3,6-9,11,13-14,20H,4-5,10,12H2,(H,23,24). The maximum absolute atomic E-state index is 12.9. The number of amides is 1. The van der Waals surface area contributed by atoms with E-state index in [0.717, 1.165) is 29.0 Å². The molecule has 1 aliphatic carbocycles. The number of carbonyl (C=O) groups is 1. The molecular weight excluding hydrogens is 328 g/mol. The molecule has 1 aliphatic rings. The number of pyridine rings is 1. The molecule has 1 aromatic carbocycles. The molecule has 1 atom stereocenters. The van der Waals surface area contributed by atoms with E-state index >= 15 is 0 Å². The van der Waals surface area contributed by atoms with Crippen molar-refractivity contribution >= 4 is 17.2 Å². The van der Waals surface area contributed by atoms with Gasteiger partial charge in [0.2, 0.25) is 0 Å². The molecule has 2 aromatic heterocycles. The zero-order chi connectivity index (χ0) is 17.1. The summed E-state index contributed by atoms with van der Waals surface area (Å²) in [6.07, 6.45) is 6.43. The number of carbonyl (C=O) groups excluding carboxylic acids is 1. The fraction of sp³-hybridized carbons (Fsp3) is 0.238. The second-order valence-corrected chi connectivity index (χ2v) is 7.47. The molecule has 0 aliphatic heterocycles. The van der Waals surface area contributed by atoms with E-state index in [1.54, 1.807) is 17.5 Å². The summed E-state index contributed by atoms with van der Waals surface area (Å²) in [4.78, 5) is 19.5. The van der Waals surface area contributed by atoms with Gasteiger partial charge in [-0.05, 0) is 55.0 Å². The first kappa shape index (κ1) is 16.0. The van der Waals surface area contributed by atoms with E-state index in [4.69, 9.17) is 0 Å². The predicted molar refractivity (Wildman–Crippen MR) is 101 cm³/mol. The molecule has 1 unspecified atom stereocenters. The quantitative estimate of drug-likeness (QED) is 0.752. The first-order chi connectivity index (χ1) is 12.3. The molecule has 4 heteroatoms. The summed E-state index contributed by atoms with van der Waals surface area (Å²) < 4.78 is 0. The highest BCUT2D eigenvalue weighted by atomic mass is 32.1. The Morgan fingerprint density at radius 1 is 1.04 bits per heavy atom. The van der Waals surface area contributed by atoms with Crippen LogP contribution in [0.2, 0.25) is 0 Å². The average molecular weight is 348 g/mol. The van der Waals surface area contributed by atoms with E-state index in [0.29, 0.717) is 0 Å². The van der Waals surface area contributed by atoms with Gasteiger partial charge in [-0.2, -0.15) is 0 Å². The van der Waals surface area contributed by atoms with E-state index in [9.17, 15) is 4.79 Å². The molecule has 1 amide bonds. The van der Waals surface area contributed by atoms with Crippen molar-refractivity contribution in [3.05, 3.63) is 87.4 Å². The number of rotatable bonds is 4. The van der Waals surface area contributed by atoms with Gasteiger partial charge in [0, 0.05) is 11.1 Å². The molecule has 1 N–H and O–H groups in total. The molecular formula is C21H20N2OS. The summed E-state index contributed by atoms with van der Waals surface area (Å²) in [5, 5.41) is 3.18. The van der Waals surface area contributed by atoms with Gasteiger partial charge in [0.25, 0.3) is 5.91 Å². The molecule has 0 bridgehead atoms. The summed E-state index contributed by atoms with van der Waals surface area (Å²) in [5.74, 6) is -0.0149. The molecule has 3 aromatic rings. The van der Waals surface area contributed by atoms with Crippen molar-refractivity contribution in [2.75, 3.05) is 0 Å². The van der Waals surface area contributed by atoms with E-state index in [1.165, 1.54) is 23.3 Å². The van der Waals surface area contributed by atoms with Crippen LogP contribution < -0.4 is 5.32 Å². The minimum absolute atomic E-state index is 0.0149. The third-order valence-corrected chi connectivity index (χ3v) is 5.85. The topological polar surface area (TPSA) is 42.0 Å². The fourth-order valence-electron chi connectivity index (χ4n) is 3.33. The summed E-state index contributed by atoms with van der Waals surface area (Å²) in [6.45, 7) is 0. The second-order valence-electron chi connectivity index (χ2n) is 6.34. The Labute approximate surface area is 151 Å². The van der Waals surface area contributed by atoms with Gasteiger partial charge in [-0.3, -0.25) is 9.78 Å².